The van der Waals surface area contributed by atoms with E-state index < -0.39 is 5.41 Å². The number of ether oxygens (including phenoxy) is 1. The molecule has 160 valence electrons. The number of unbranched alkanes of at least 4 members (excludes halogenated alkanes) is 1. The summed E-state index contributed by atoms with van der Waals surface area (Å²) in [4.78, 5) is 13.4. The molecular formula is C26H33NO2S. The van der Waals surface area contributed by atoms with Crippen LogP contribution in [0.5, 0.6) is 5.75 Å². The molecule has 1 N–H and O–H groups in total. The summed E-state index contributed by atoms with van der Waals surface area (Å²) in [5.41, 5.74) is 2.97. The number of benzene rings is 2. The molecule has 2 aromatic rings. The quantitative estimate of drug-likeness (QED) is 0.370. The maximum absolute atomic E-state index is 12.1. The van der Waals surface area contributed by atoms with Crippen LogP contribution in [0.1, 0.15) is 75.8 Å². The summed E-state index contributed by atoms with van der Waals surface area (Å²) >= 11 is 1.94. The number of carbonyl (C=O) groups excluding carboxylic acids is 1. The molecule has 1 saturated carbocycles. The van der Waals surface area contributed by atoms with Crippen LogP contribution in [-0.2, 0) is 10.2 Å². The summed E-state index contributed by atoms with van der Waals surface area (Å²) in [7, 11) is 0. The molecule has 0 saturated heterocycles. The van der Waals surface area contributed by atoms with Gasteiger partial charge >= 0.3 is 0 Å². The number of hydrogen-bond acceptors (Lipinski definition) is 3. The fraction of sp³-hybridized carbons (Fsp3) is 0.500. The first-order valence-electron chi connectivity index (χ1n) is 11.4. The molecule has 1 aliphatic carbocycles. The summed E-state index contributed by atoms with van der Waals surface area (Å²) in [6.45, 7) is 4.62. The van der Waals surface area contributed by atoms with Crippen LogP contribution in [-0.4, -0.2) is 18.3 Å². The summed E-state index contributed by atoms with van der Waals surface area (Å²) in [5.74, 6) is 2.80. The van der Waals surface area contributed by atoms with Crippen molar-refractivity contribution >= 4 is 23.4 Å². The average Bonchev–Trinajstić information content (AvgIpc) is 3.00. The van der Waals surface area contributed by atoms with Crippen LogP contribution in [0.4, 0.5) is 5.69 Å². The van der Waals surface area contributed by atoms with Gasteiger partial charge in [0.15, 0.2) is 0 Å². The van der Waals surface area contributed by atoms with Gasteiger partial charge in [0.05, 0.1) is 12.0 Å². The van der Waals surface area contributed by atoms with Gasteiger partial charge in [0.25, 0.3) is 0 Å². The van der Waals surface area contributed by atoms with Gasteiger partial charge in [-0.25, -0.2) is 0 Å². The van der Waals surface area contributed by atoms with Crippen LogP contribution >= 0.6 is 11.8 Å². The predicted molar refractivity (Wildman–Crippen MR) is 126 cm³/mol. The number of nitrogens with one attached hydrogen (secondary N) is 1. The van der Waals surface area contributed by atoms with E-state index in [-0.39, 0.29) is 5.91 Å². The lowest BCUT2D eigenvalue weighted by Gasteiger charge is -2.22. The smallest absolute Gasteiger partial charge is 0.234 e. The molecule has 1 amide bonds. The van der Waals surface area contributed by atoms with Crippen LogP contribution in [0.15, 0.2) is 47.4 Å². The van der Waals surface area contributed by atoms with E-state index in [9.17, 15) is 4.79 Å². The summed E-state index contributed by atoms with van der Waals surface area (Å²) in [5, 5.41) is 2.94. The van der Waals surface area contributed by atoms with Crippen molar-refractivity contribution in [1.29, 1.82) is 0 Å². The van der Waals surface area contributed by atoms with Gasteiger partial charge in [-0.3, -0.25) is 4.79 Å². The lowest BCUT2D eigenvalue weighted by atomic mass is 9.84. The minimum atomic E-state index is -0.488. The van der Waals surface area contributed by atoms with Crippen molar-refractivity contribution in [2.75, 3.05) is 17.7 Å². The number of anilines is 1. The Labute approximate surface area is 185 Å². The molecule has 1 aliphatic heterocycles. The molecule has 2 aliphatic rings. The molecule has 3 nitrogen and oxygen atoms in total. The molecule has 4 heteroatoms. The Hall–Kier alpha value is -1.94. The van der Waals surface area contributed by atoms with E-state index in [1.54, 1.807) is 0 Å². The van der Waals surface area contributed by atoms with Gasteiger partial charge in [-0.1, -0.05) is 31.4 Å². The fourth-order valence-corrected chi connectivity index (χ4v) is 5.41. The van der Waals surface area contributed by atoms with Crippen molar-refractivity contribution in [2.45, 2.75) is 75.0 Å². The molecule has 0 atom stereocenters. The van der Waals surface area contributed by atoms with Crippen LogP contribution in [0.2, 0.25) is 0 Å². The first-order valence-corrected chi connectivity index (χ1v) is 12.3. The van der Waals surface area contributed by atoms with Crippen LogP contribution in [0.3, 0.4) is 0 Å². The molecule has 30 heavy (non-hydrogen) atoms. The molecular weight excluding hydrogens is 390 g/mol. The van der Waals surface area contributed by atoms with Gasteiger partial charge in [0.1, 0.15) is 5.75 Å². The highest BCUT2D eigenvalue weighted by molar-refractivity contribution is 7.99. The first kappa shape index (κ1) is 21.3. The Kier molecular flexibility index (Phi) is 6.72. The van der Waals surface area contributed by atoms with E-state index in [4.69, 9.17) is 4.74 Å². The molecule has 1 heterocycles. The second-order valence-corrected chi connectivity index (χ2v) is 10.3. The number of hydrogen-bond donors (Lipinski definition) is 1. The number of rotatable bonds is 8. The monoisotopic (exact) mass is 423 g/mol. The standard InChI is InChI=1S/C26H33NO2S/c1-26(2)23-18-21(12-15-24(23)27-25(26)28)29-16-6-7-17-30-22-13-10-20(11-14-22)19-8-4-3-5-9-19/h10-15,18-19H,3-9,16-17H2,1-2H3,(H,27,28). The largest absolute Gasteiger partial charge is 0.494 e. The first-order chi connectivity index (χ1) is 14.5. The lowest BCUT2D eigenvalue weighted by Crippen LogP contribution is -2.26. The fourth-order valence-electron chi connectivity index (χ4n) is 4.50. The lowest BCUT2D eigenvalue weighted by molar-refractivity contribution is -0.119. The van der Waals surface area contributed by atoms with Gasteiger partial charge < -0.3 is 10.1 Å². The third-order valence-electron chi connectivity index (χ3n) is 6.51. The van der Waals surface area contributed by atoms with Crippen molar-refractivity contribution in [3.8, 4) is 5.75 Å². The second-order valence-electron chi connectivity index (χ2n) is 9.09. The normalized spacial score (nSPS) is 18.1. The number of thioether (sulfide) groups is 1. The zero-order chi connectivity index (χ0) is 21.0. The molecule has 1 fully saturated rings. The maximum atomic E-state index is 12.1. The Balaban J connectivity index is 1.17. The molecule has 2 aromatic carbocycles. The van der Waals surface area contributed by atoms with Crippen LogP contribution in [0, 0.1) is 0 Å². The Morgan fingerprint density at radius 3 is 2.57 bits per heavy atom. The van der Waals surface area contributed by atoms with Crippen LogP contribution in [0.25, 0.3) is 0 Å². The number of carbonyl (C=O) groups is 1. The second kappa shape index (κ2) is 9.47. The zero-order valence-corrected chi connectivity index (χ0v) is 19.0. The highest BCUT2D eigenvalue weighted by Gasteiger charge is 2.38. The predicted octanol–water partition coefficient (Wildman–Crippen LogP) is 6.92. The Morgan fingerprint density at radius 2 is 1.80 bits per heavy atom. The maximum Gasteiger partial charge on any atom is 0.234 e. The van der Waals surface area contributed by atoms with Crippen molar-refractivity contribution in [1.82, 2.24) is 0 Å². The molecule has 0 aromatic heterocycles. The third kappa shape index (κ3) is 4.85. The number of fused-ring (bicyclic) bond motifs is 1. The van der Waals surface area contributed by atoms with E-state index >= 15 is 0 Å². The van der Waals surface area contributed by atoms with E-state index in [0.29, 0.717) is 6.61 Å². The van der Waals surface area contributed by atoms with Gasteiger partial charge in [-0.2, -0.15) is 0 Å². The van der Waals surface area contributed by atoms with Crippen molar-refractivity contribution in [3.63, 3.8) is 0 Å². The van der Waals surface area contributed by atoms with E-state index in [1.165, 1.54) is 42.6 Å². The van der Waals surface area contributed by atoms with Crippen molar-refractivity contribution in [3.05, 3.63) is 53.6 Å². The molecule has 0 unspecified atom stereocenters. The van der Waals surface area contributed by atoms with Gasteiger partial charge in [-0.05, 0) is 92.7 Å². The van der Waals surface area contributed by atoms with E-state index in [0.717, 1.165) is 41.5 Å². The Bertz CT molecular complexity index is 869. The SMILES string of the molecule is CC1(C)C(=O)Nc2ccc(OCCCCSc3ccc(C4CCCCC4)cc3)cc21. The van der Waals surface area contributed by atoms with E-state index in [2.05, 4.69) is 29.6 Å². The number of amides is 1. The summed E-state index contributed by atoms with van der Waals surface area (Å²) in [6, 6.07) is 15.2. The van der Waals surface area contributed by atoms with E-state index in [1.807, 2.05) is 43.8 Å². The van der Waals surface area contributed by atoms with Crippen molar-refractivity contribution in [2.24, 2.45) is 0 Å². The van der Waals surface area contributed by atoms with Gasteiger partial charge in [0, 0.05) is 10.6 Å². The highest BCUT2D eigenvalue weighted by Crippen LogP contribution is 2.39. The zero-order valence-electron chi connectivity index (χ0n) is 18.2. The Morgan fingerprint density at radius 1 is 1.03 bits per heavy atom. The van der Waals surface area contributed by atoms with Gasteiger partial charge in [-0.15, -0.1) is 11.8 Å². The molecule has 0 spiro atoms. The minimum absolute atomic E-state index is 0.0541. The van der Waals surface area contributed by atoms with Gasteiger partial charge in [0.2, 0.25) is 5.91 Å². The molecule has 4 rings (SSSR count). The highest BCUT2D eigenvalue weighted by atomic mass is 32.2. The topological polar surface area (TPSA) is 38.3 Å². The minimum Gasteiger partial charge on any atom is -0.494 e. The summed E-state index contributed by atoms with van der Waals surface area (Å²) in [6.07, 6.45) is 9.08. The molecule has 0 radical (unpaired) electrons. The van der Waals surface area contributed by atoms with Crippen molar-refractivity contribution < 1.29 is 9.53 Å². The summed E-state index contributed by atoms with van der Waals surface area (Å²) < 4.78 is 5.95. The average molecular weight is 424 g/mol. The molecule has 0 bridgehead atoms. The third-order valence-corrected chi connectivity index (χ3v) is 7.61. The van der Waals surface area contributed by atoms with Crippen LogP contribution < -0.4 is 10.1 Å².